The van der Waals surface area contributed by atoms with Crippen LogP contribution in [0.15, 0.2) is 54.6 Å². The second-order valence-corrected chi connectivity index (χ2v) is 7.43. The van der Waals surface area contributed by atoms with Crippen LogP contribution in [-0.2, 0) is 6.61 Å². The van der Waals surface area contributed by atoms with E-state index >= 15 is 0 Å². The molecule has 4 aromatic rings. The number of ketones is 1. The van der Waals surface area contributed by atoms with Crippen LogP contribution in [0.4, 0.5) is 0 Å². The van der Waals surface area contributed by atoms with E-state index in [-0.39, 0.29) is 5.78 Å². The van der Waals surface area contributed by atoms with E-state index in [0.29, 0.717) is 13.0 Å². The van der Waals surface area contributed by atoms with Crippen molar-refractivity contribution in [2.45, 2.75) is 26.9 Å². The van der Waals surface area contributed by atoms with Gasteiger partial charge >= 0.3 is 0 Å². The summed E-state index contributed by atoms with van der Waals surface area (Å²) in [6, 6.07) is 16.3. The standard InChI is InChI=1S/C25H21NO2/c1-15-19-9-6-10-22(27)23(19)16(2)24-20-13-18(11-12-21(20)26-25(15)24)28-14-17-7-4-3-5-8-17/h3-9,11-13,26H,10,14H2,1-2H3. The Morgan fingerprint density at radius 3 is 2.68 bits per heavy atom. The average molecular weight is 367 g/mol. The van der Waals surface area contributed by atoms with Crippen LogP contribution in [0.2, 0.25) is 0 Å². The molecule has 0 fully saturated rings. The van der Waals surface area contributed by atoms with Crippen LogP contribution in [0.25, 0.3) is 27.9 Å². The number of aromatic amines is 1. The molecule has 3 heteroatoms. The van der Waals surface area contributed by atoms with E-state index in [4.69, 9.17) is 4.74 Å². The first kappa shape index (κ1) is 16.8. The van der Waals surface area contributed by atoms with Crippen LogP contribution >= 0.6 is 0 Å². The lowest BCUT2D eigenvalue weighted by Gasteiger charge is -2.17. The Labute approximate surface area is 163 Å². The molecule has 28 heavy (non-hydrogen) atoms. The normalized spacial score (nSPS) is 13.3. The molecule has 0 amide bonds. The predicted molar refractivity (Wildman–Crippen MR) is 114 cm³/mol. The van der Waals surface area contributed by atoms with E-state index in [9.17, 15) is 4.79 Å². The molecule has 0 radical (unpaired) electrons. The van der Waals surface area contributed by atoms with Crippen molar-refractivity contribution in [3.8, 4) is 5.75 Å². The number of carbonyl (C=O) groups excluding carboxylic acids is 1. The highest BCUT2D eigenvalue weighted by Crippen LogP contribution is 2.38. The zero-order valence-electron chi connectivity index (χ0n) is 16.0. The van der Waals surface area contributed by atoms with E-state index in [1.807, 2.05) is 30.3 Å². The molecule has 0 saturated carbocycles. The van der Waals surface area contributed by atoms with Crippen LogP contribution in [-0.4, -0.2) is 10.8 Å². The summed E-state index contributed by atoms with van der Waals surface area (Å²) >= 11 is 0. The number of H-pyrrole nitrogens is 1. The van der Waals surface area contributed by atoms with Crippen molar-refractivity contribution >= 4 is 33.7 Å². The van der Waals surface area contributed by atoms with Gasteiger partial charge in [0.05, 0.1) is 5.52 Å². The van der Waals surface area contributed by atoms with Crippen LogP contribution in [0.1, 0.15) is 39.0 Å². The Hall–Kier alpha value is -3.33. The van der Waals surface area contributed by atoms with Crippen molar-refractivity contribution in [2.24, 2.45) is 0 Å². The first-order chi connectivity index (χ1) is 13.6. The highest BCUT2D eigenvalue weighted by atomic mass is 16.5. The summed E-state index contributed by atoms with van der Waals surface area (Å²) in [6.07, 6.45) is 4.52. The van der Waals surface area contributed by atoms with Gasteiger partial charge in [-0.3, -0.25) is 4.79 Å². The van der Waals surface area contributed by atoms with E-state index in [1.54, 1.807) is 0 Å². The number of rotatable bonds is 3. The van der Waals surface area contributed by atoms with Crippen LogP contribution in [0.3, 0.4) is 0 Å². The molecule has 1 aliphatic carbocycles. The maximum absolute atomic E-state index is 12.6. The number of ether oxygens (including phenoxy) is 1. The van der Waals surface area contributed by atoms with Gasteiger partial charge in [-0.25, -0.2) is 0 Å². The maximum Gasteiger partial charge on any atom is 0.167 e. The molecule has 0 aliphatic heterocycles. The molecule has 0 bridgehead atoms. The number of carbonyl (C=O) groups is 1. The van der Waals surface area contributed by atoms with E-state index in [2.05, 4.69) is 49.2 Å². The summed E-state index contributed by atoms with van der Waals surface area (Å²) in [5.41, 5.74) is 7.40. The molecule has 1 N–H and O–H groups in total. The number of fused-ring (bicyclic) bond motifs is 4. The highest BCUT2D eigenvalue weighted by Gasteiger charge is 2.23. The highest BCUT2D eigenvalue weighted by molar-refractivity contribution is 6.16. The maximum atomic E-state index is 12.6. The third-order valence-corrected chi connectivity index (χ3v) is 5.68. The minimum atomic E-state index is 0.200. The fraction of sp³-hybridized carbons (Fsp3) is 0.160. The lowest BCUT2D eigenvalue weighted by atomic mass is 9.86. The zero-order valence-corrected chi connectivity index (χ0v) is 16.0. The molecule has 3 aromatic carbocycles. The Balaban J connectivity index is 1.65. The number of nitrogens with one attached hydrogen (secondary N) is 1. The topological polar surface area (TPSA) is 42.1 Å². The Bertz CT molecular complexity index is 1260. The van der Waals surface area contributed by atoms with Crippen molar-refractivity contribution in [1.29, 1.82) is 0 Å². The molecule has 1 aliphatic rings. The summed E-state index contributed by atoms with van der Waals surface area (Å²) in [5.74, 6) is 1.03. The first-order valence-electron chi connectivity index (χ1n) is 9.58. The lowest BCUT2D eigenvalue weighted by Crippen LogP contribution is -2.09. The fourth-order valence-corrected chi connectivity index (χ4v) is 4.28. The third-order valence-electron chi connectivity index (χ3n) is 5.68. The van der Waals surface area contributed by atoms with Crippen molar-refractivity contribution in [3.05, 3.63) is 82.4 Å². The molecular formula is C25H21NO2. The zero-order chi connectivity index (χ0) is 19.3. The number of benzene rings is 3. The molecule has 0 saturated heterocycles. The molecular weight excluding hydrogens is 346 g/mol. The molecule has 1 aromatic heterocycles. The molecule has 0 unspecified atom stereocenters. The number of allylic oxidation sites excluding steroid dienone is 1. The molecule has 5 rings (SSSR count). The largest absolute Gasteiger partial charge is 0.489 e. The summed E-state index contributed by atoms with van der Waals surface area (Å²) in [7, 11) is 0. The van der Waals surface area contributed by atoms with Crippen LogP contribution in [0, 0.1) is 13.8 Å². The molecule has 0 atom stereocenters. The van der Waals surface area contributed by atoms with Crippen LogP contribution in [0.5, 0.6) is 5.75 Å². The smallest absolute Gasteiger partial charge is 0.167 e. The molecule has 1 heterocycles. The van der Waals surface area contributed by atoms with Crippen molar-refractivity contribution in [1.82, 2.24) is 4.98 Å². The van der Waals surface area contributed by atoms with E-state index < -0.39 is 0 Å². The average Bonchev–Trinajstić information content (AvgIpc) is 3.10. The molecule has 3 nitrogen and oxygen atoms in total. The minimum Gasteiger partial charge on any atom is -0.489 e. The summed E-state index contributed by atoms with van der Waals surface area (Å²) in [4.78, 5) is 16.2. The summed E-state index contributed by atoms with van der Waals surface area (Å²) in [6.45, 7) is 4.68. The Kier molecular flexibility index (Phi) is 3.83. The van der Waals surface area contributed by atoms with Crippen molar-refractivity contribution in [3.63, 3.8) is 0 Å². The number of hydrogen-bond donors (Lipinski definition) is 1. The third kappa shape index (κ3) is 2.55. The van der Waals surface area contributed by atoms with Gasteiger partial charge < -0.3 is 9.72 Å². The van der Waals surface area contributed by atoms with Crippen molar-refractivity contribution < 1.29 is 9.53 Å². The van der Waals surface area contributed by atoms with Gasteiger partial charge in [0.1, 0.15) is 12.4 Å². The summed E-state index contributed by atoms with van der Waals surface area (Å²) in [5, 5.41) is 2.23. The Morgan fingerprint density at radius 2 is 1.86 bits per heavy atom. The van der Waals surface area contributed by atoms with Gasteiger partial charge in [0.2, 0.25) is 0 Å². The lowest BCUT2D eigenvalue weighted by molar-refractivity contribution is 0.0994. The molecule has 138 valence electrons. The fourth-order valence-electron chi connectivity index (χ4n) is 4.28. The number of Topliss-reactive ketones (excluding diaryl/α,β-unsaturated/α-hetero) is 1. The minimum absolute atomic E-state index is 0.200. The number of aryl methyl sites for hydroxylation is 2. The van der Waals surface area contributed by atoms with Gasteiger partial charge in [0.25, 0.3) is 0 Å². The second-order valence-electron chi connectivity index (χ2n) is 7.43. The quantitative estimate of drug-likeness (QED) is 0.474. The Morgan fingerprint density at radius 1 is 1.04 bits per heavy atom. The van der Waals surface area contributed by atoms with Gasteiger partial charge in [0.15, 0.2) is 5.78 Å². The summed E-state index contributed by atoms with van der Waals surface area (Å²) < 4.78 is 6.03. The SMILES string of the molecule is Cc1c2c(c(C)c3c1[nH]c1ccc(OCc4ccccc4)cc13)C(=O)CC=C2. The van der Waals surface area contributed by atoms with Gasteiger partial charge in [-0.05, 0) is 54.3 Å². The second kappa shape index (κ2) is 6.38. The molecule has 0 spiro atoms. The predicted octanol–water partition coefficient (Wildman–Crippen LogP) is 6.12. The van der Waals surface area contributed by atoms with Gasteiger partial charge in [-0.1, -0.05) is 42.5 Å². The van der Waals surface area contributed by atoms with Gasteiger partial charge in [-0.15, -0.1) is 0 Å². The first-order valence-corrected chi connectivity index (χ1v) is 9.58. The number of aromatic nitrogens is 1. The monoisotopic (exact) mass is 367 g/mol. The number of hydrogen-bond acceptors (Lipinski definition) is 2. The van der Waals surface area contributed by atoms with Crippen LogP contribution < -0.4 is 4.74 Å². The van der Waals surface area contributed by atoms with E-state index in [1.165, 1.54) is 0 Å². The van der Waals surface area contributed by atoms with Gasteiger partial charge in [-0.2, -0.15) is 0 Å². The van der Waals surface area contributed by atoms with Crippen molar-refractivity contribution in [2.75, 3.05) is 0 Å². The van der Waals surface area contributed by atoms with E-state index in [0.717, 1.165) is 55.4 Å². The van der Waals surface area contributed by atoms with Gasteiger partial charge in [0, 0.05) is 28.3 Å².